The number of amidine groups is 1. The predicted octanol–water partition coefficient (Wildman–Crippen LogP) is 1.23. The summed E-state index contributed by atoms with van der Waals surface area (Å²) in [5.74, 6) is 0.232. The Morgan fingerprint density at radius 2 is 2.33 bits per heavy atom. The first kappa shape index (κ1) is 11.7. The zero-order valence-corrected chi connectivity index (χ0v) is 9.27. The van der Waals surface area contributed by atoms with Crippen LogP contribution in [0.25, 0.3) is 0 Å². The quantitative estimate of drug-likeness (QED) is 0.562. The first-order valence-corrected chi connectivity index (χ1v) is 5.02. The molecule has 1 aromatic heterocycles. The van der Waals surface area contributed by atoms with Gasteiger partial charge in [0.15, 0.2) is 0 Å². The van der Waals surface area contributed by atoms with Crippen molar-refractivity contribution in [3.63, 3.8) is 0 Å². The van der Waals surface area contributed by atoms with E-state index in [1.54, 1.807) is 6.20 Å². The van der Waals surface area contributed by atoms with Crippen molar-refractivity contribution in [1.82, 2.24) is 9.88 Å². The molecule has 0 radical (unpaired) electrons. The van der Waals surface area contributed by atoms with Crippen LogP contribution in [0.3, 0.4) is 0 Å². The van der Waals surface area contributed by atoms with Gasteiger partial charge in [-0.05, 0) is 26.1 Å². The summed E-state index contributed by atoms with van der Waals surface area (Å²) in [7, 11) is 2.02. The summed E-state index contributed by atoms with van der Waals surface area (Å²) in [6.45, 7) is 2.85. The van der Waals surface area contributed by atoms with Crippen LogP contribution in [0.4, 0.5) is 0 Å². The second-order valence-corrected chi connectivity index (χ2v) is 3.81. The highest BCUT2D eigenvalue weighted by molar-refractivity contribution is 5.77. The molecule has 0 fully saturated rings. The molecule has 0 aliphatic carbocycles. The molecule has 1 atom stereocenters. The highest BCUT2D eigenvalue weighted by atomic mass is 15.1. The van der Waals surface area contributed by atoms with Crippen LogP contribution in [0.5, 0.6) is 0 Å². The van der Waals surface area contributed by atoms with Gasteiger partial charge >= 0.3 is 0 Å². The van der Waals surface area contributed by atoms with Gasteiger partial charge in [0.25, 0.3) is 0 Å². The minimum Gasteiger partial charge on any atom is -0.388 e. The molecule has 0 amide bonds. The Bertz CT molecular complexity index is 310. The number of nitrogens with one attached hydrogen (secondary N) is 1. The van der Waals surface area contributed by atoms with Crippen molar-refractivity contribution in [1.29, 1.82) is 5.41 Å². The lowest BCUT2D eigenvalue weighted by atomic mass is 10.2. The molecule has 0 saturated heterocycles. The maximum Gasteiger partial charge on any atom is 0.0920 e. The molecule has 0 saturated carbocycles. The molecule has 4 heteroatoms. The molecule has 1 rings (SSSR count). The molecular weight excluding hydrogens is 188 g/mol. The van der Waals surface area contributed by atoms with Gasteiger partial charge in [-0.15, -0.1) is 0 Å². The minimum atomic E-state index is 0.232. The van der Waals surface area contributed by atoms with Gasteiger partial charge in [0.1, 0.15) is 0 Å². The molecule has 1 heterocycles. The van der Waals surface area contributed by atoms with E-state index in [2.05, 4.69) is 16.8 Å². The standard InChI is InChI=1S/C11H18N4/c1-9(7-11(12)13)15(2)8-10-5-3-4-6-14-10/h3-6,9H,7-8H2,1-2H3,(H3,12,13). The van der Waals surface area contributed by atoms with E-state index < -0.39 is 0 Å². The zero-order chi connectivity index (χ0) is 11.3. The lowest BCUT2D eigenvalue weighted by Gasteiger charge is -2.23. The molecule has 0 aliphatic rings. The van der Waals surface area contributed by atoms with Crippen molar-refractivity contribution in [2.45, 2.75) is 25.9 Å². The normalized spacial score (nSPS) is 12.7. The van der Waals surface area contributed by atoms with Crippen LogP contribution in [0.15, 0.2) is 24.4 Å². The Kier molecular flexibility index (Phi) is 4.24. The average Bonchev–Trinajstić information content (AvgIpc) is 2.18. The number of hydrogen-bond donors (Lipinski definition) is 2. The number of aromatic nitrogens is 1. The number of nitrogens with zero attached hydrogens (tertiary/aromatic N) is 2. The largest absolute Gasteiger partial charge is 0.388 e. The third-order valence-corrected chi connectivity index (χ3v) is 2.41. The molecule has 15 heavy (non-hydrogen) atoms. The topological polar surface area (TPSA) is 66.0 Å². The Morgan fingerprint density at radius 1 is 1.60 bits per heavy atom. The van der Waals surface area contributed by atoms with Crippen LogP contribution in [0, 0.1) is 5.41 Å². The first-order valence-electron chi connectivity index (χ1n) is 5.02. The van der Waals surface area contributed by atoms with Gasteiger partial charge in [-0.1, -0.05) is 6.07 Å². The van der Waals surface area contributed by atoms with Crippen LogP contribution in [0.1, 0.15) is 19.0 Å². The number of hydrogen-bond acceptors (Lipinski definition) is 3. The average molecular weight is 206 g/mol. The maximum absolute atomic E-state index is 7.23. The van der Waals surface area contributed by atoms with E-state index in [1.165, 1.54) is 0 Å². The first-order chi connectivity index (χ1) is 7.09. The molecular formula is C11H18N4. The molecule has 0 aromatic carbocycles. The lowest BCUT2D eigenvalue weighted by Crippen LogP contribution is -2.32. The highest BCUT2D eigenvalue weighted by Crippen LogP contribution is 2.05. The van der Waals surface area contributed by atoms with Crippen LogP contribution < -0.4 is 5.73 Å². The van der Waals surface area contributed by atoms with E-state index in [-0.39, 0.29) is 11.9 Å². The summed E-state index contributed by atoms with van der Waals surface area (Å²) in [6, 6.07) is 6.15. The zero-order valence-electron chi connectivity index (χ0n) is 9.27. The maximum atomic E-state index is 7.23. The summed E-state index contributed by atoms with van der Waals surface area (Å²) in [6.07, 6.45) is 2.39. The van der Waals surface area contributed by atoms with E-state index in [0.29, 0.717) is 6.42 Å². The Balaban J connectivity index is 2.48. The van der Waals surface area contributed by atoms with Crippen molar-refractivity contribution in [2.24, 2.45) is 5.73 Å². The van der Waals surface area contributed by atoms with E-state index in [9.17, 15) is 0 Å². The van der Waals surface area contributed by atoms with E-state index >= 15 is 0 Å². The van der Waals surface area contributed by atoms with Crippen LogP contribution in [-0.2, 0) is 6.54 Å². The molecule has 0 spiro atoms. The van der Waals surface area contributed by atoms with E-state index in [4.69, 9.17) is 11.1 Å². The fraction of sp³-hybridized carbons (Fsp3) is 0.455. The number of nitrogens with two attached hydrogens (primary N) is 1. The SMILES string of the molecule is CC(CC(=N)N)N(C)Cc1ccccn1. The fourth-order valence-electron chi connectivity index (χ4n) is 1.38. The summed E-state index contributed by atoms with van der Waals surface area (Å²) in [5.41, 5.74) is 6.40. The van der Waals surface area contributed by atoms with Gasteiger partial charge in [-0.3, -0.25) is 15.3 Å². The fourth-order valence-corrected chi connectivity index (χ4v) is 1.38. The molecule has 82 valence electrons. The van der Waals surface area contributed by atoms with Gasteiger partial charge < -0.3 is 5.73 Å². The monoisotopic (exact) mass is 206 g/mol. The molecule has 1 aromatic rings. The van der Waals surface area contributed by atoms with Gasteiger partial charge in [0, 0.05) is 25.2 Å². The van der Waals surface area contributed by atoms with Crippen molar-refractivity contribution in [3.05, 3.63) is 30.1 Å². The third-order valence-electron chi connectivity index (χ3n) is 2.41. The third kappa shape index (κ3) is 4.08. The minimum absolute atomic E-state index is 0.232. The van der Waals surface area contributed by atoms with Gasteiger partial charge in [-0.2, -0.15) is 0 Å². The molecule has 0 aliphatic heterocycles. The molecule has 4 nitrogen and oxygen atoms in total. The number of pyridine rings is 1. The Labute approximate surface area is 90.6 Å². The summed E-state index contributed by atoms with van der Waals surface area (Å²) in [4.78, 5) is 6.40. The van der Waals surface area contributed by atoms with Crippen molar-refractivity contribution >= 4 is 5.84 Å². The van der Waals surface area contributed by atoms with Crippen molar-refractivity contribution in [3.8, 4) is 0 Å². The van der Waals surface area contributed by atoms with E-state index in [0.717, 1.165) is 12.2 Å². The lowest BCUT2D eigenvalue weighted by molar-refractivity contribution is 0.251. The predicted molar refractivity (Wildman–Crippen MR) is 61.7 cm³/mol. The smallest absolute Gasteiger partial charge is 0.0920 e. The molecule has 0 bridgehead atoms. The van der Waals surface area contributed by atoms with Crippen molar-refractivity contribution in [2.75, 3.05) is 7.05 Å². The second kappa shape index (κ2) is 5.46. The van der Waals surface area contributed by atoms with Gasteiger partial charge in [0.05, 0.1) is 11.5 Å². The van der Waals surface area contributed by atoms with Gasteiger partial charge in [-0.25, -0.2) is 0 Å². The van der Waals surface area contributed by atoms with Crippen molar-refractivity contribution < 1.29 is 0 Å². The van der Waals surface area contributed by atoms with Crippen LogP contribution in [-0.4, -0.2) is 28.8 Å². The van der Waals surface area contributed by atoms with Gasteiger partial charge in [0.2, 0.25) is 0 Å². The molecule has 3 N–H and O–H groups in total. The Morgan fingerprint density at radius 3 is 2.87 bits per heavy atom. The molecule has 1 unspecified atom stereocenters. The summed E-state index contributed by atoms with van der Waals surface area (Å²) >= 11 is 0. The summed E-state index contributed by atoms with van der Waals surface area (Å²) < 4.78 is 0. The van der Waals surface area contributed by atoms with Crippen LogP contribution in [0.2, 0.25) is 0 Å². The second-order valence-electron chi connectivity index (χ2n) is 3.81. The summed E-state index contributed by atoms with van der Waals surface area (Å²) in [5, 5.41) is 7.23. The highest BCUT2D eigenvalue weighted by Gasteiger charge is 2.10. The van der Waals surface area contributed by atoms with E-state index in [1.807, 2.05) is 25.2 Å². The van der Waals surface area contributed by atoms with Crippen LogP contribution >= 0.6 is 0 Å². The Hall–Kier alpha value is -1.42. The number of rotatable bonds is 5.